The predicted molar refractivity (Wildman–Crippen MR) is 158 cm³/mol. The Labute approximate surface area is 235 Å². The third-order valence-electron chi connectivity index (χ3n) is 6.74. The molecule has 38 heavy (non-hydrogen) atoms. The molecule has 4 aromatic rings. The third kappa shape index (κ3) is 6.01. The first-order valence-corrected chi connectivity index (χ1v) is 15.2. The van der Waals surface area contributed by atoms with Gasteiger partial charge in [-0.2, -0.15) is 9.40 Å². The Kier molecular flexibility index (Phi) is 9.36. The van der Waals surface area contributed by atoms with E-state index in [2.05, 4.69) is 25.7 Å². The van der Waals surface area contributed by atoms with E-state index < -0.39 is 10.0 Å². The Bertz CT molecular complexity index is 1470. The zero-order chi connectivity index (χ0) is 27.3. The fraction of sp³-hybridized carbons (Fsp3) is 0.345. The minimum Gasteiger partial charge on any atom is -0.355 e. The van der Waals surface area contributed by atoms with Crippen molar-refractivity contribution in [1.29, 1.82) is 0 Å². The van der Waals surface area contributed by atoms with Gasteiger partial charge < -0.3 is 4.90 Å². The summed E-state index contributed by atoms with van der Waals surface area (Å²) in [4.78, 5) is 2.39. The van der Waals surface area contributed by atoms with Crippen LogP contribution >= 0.6 is 23.2 Å². The molecule has 0 N–H and O–H groups in total. The molecule has 0 aliphatic rings. The van der Waals surface area contributed by atoms with Crippen LogP contribution in [0, 0.1) is 0 Å². The monoisotopic (exact) mass is 572 g/mol. The van der Waals surface area contributed by atoms with Gasteiger partial charge in [0.15, 0.2) is 5.82 Å². The summed E-state index contributed by atoms with van der Waals surface area (Å²) in [7, 11) is -3.75. The Hall–Kier alpha value is -2.58. The summed E-state index contributed by atoms with van der Waals surface area (Å²) in [5.41, 5.74) is 2.56. The highest BCUT2D eigenvalue weighted by atomic mass is 35.5. The molecule has 0 unspecified atom stereocenters. The number of aromatic nitrogens is 2. The zero-order valence-electron chi connectivity index (χ0n) is 22.1. The van der Waals surface area contributed by atoms with Crippen LogP contribution in [0.2, 0.25) is 10.0 Å². The van der Waals surface area contributed by atoms with Gasteiger partial charge in [0.05, 0.1) is 17.0 Å². The van der Waals surface area contributed by atoms with Crippen LogP contribution < -0.4 is 4.90 Å². The summed E-state index contributed by atoms with van der Waals surface area (Å²) in [5, 5.41) is 6.83. The standard InChI is InChI=1S/C29H34Cl2N4O2S/c1-4-7-18-34(20-22-12-9-8-10-13-22)38(36,37)23-16-17-28-24(19-23)29(33(5-2)6-3)32-35(28)21-25-26(30)14-11-15-27(25)31/h8-17,19H,4-7,18,20-21H2,1-3H3. The molecule has 0 aliphatic heterocycles. The summed E-state index contributed by atoms with van der Waals surface area (Å²) >= 11 is 12.9. The number of anilines is 1. The normalized spacial score (nSPS) is 11.9. The van der Waals surface area contributed by atoms with Crippen LogP contribution in [-0.2, 0) is 23.1 Å². The van der Waals surface area contributed by atoms with Gasteiger partial charge in [-0.25, -0.2) is 8.42 Å². The number of sulfonamides is 1. The minimum atomic E-state index is -3.75. The first-order valence-electron chi connectivity index (χ1n) is 13.0. The van der Waals surface area contributed by atoms with Gasteiger partial charge >= 0.3 is 0 Å². The van der Waals surface area contributed by atoms with Crippen LogP contribution in [0.25, 0.3) is 10.9 Å². The lowest BCUT2D eigenvalue weighted by Gasteiger charge is -2.23. The Morgan fingerprint density at radius 2 is 1.58 bits per heavy atom. The summed E-state index contributed by atoms with van der Waals surface area (Å²) in [6, 6.07) is 20.4. The second kappa shape index (κ2) is 12.5. The number of hydrogen-bond acceptors (Lipinski definition) is 4. The van der Waals surface area contributed by atoms with Gasteiger partial charge in [0.25, 0.3) is 0 Å². The molecular formula is C29H34Cl2N4O2S. The number of rotatable bonds is 12. The van der Waals surface area contributed by atoms with Crippen molar-refractivity contribution in [3.05, 3.63) is 87.9 Å². The summed E-state index contributed by atoms with van der Waals surface area (Å²) < 4.78 is 31.3. The van der Waals surface area contributed by atoms with Gasteiger partial charge in [-0.3, -0.25) is 4.68 Å². The molecule has 0 fully saturated rings. The highest BCUT2D eigenvalue weighted by Crippen LogP contribution is 2.32. The molecule has 0 spiro atoms. The number of fused-ring (bicyclic) bond motifs is 1. The minimum absolute atomic E-state index is 0.265. The van der Waals surface area contributed by atoms with Crippen LogP contribution in [0.3, 0.4) is 0 Å². The molecule has 0 saturated carbocycles. The summed E-state index contributed by atoms with van der Waals surface area (Å²) in [5.74, 6) is 0.744. The molecule has 0 aliphatic carbocycles. The van der Waals surface area contributed by atoms with Crippen molar-refractivity contribution in [3.63, 3.8) is 0 Å². The van der Waals surface area contributed by atoms with Crippen LogP contribution in [-0.4, -0.2) is 42.1 Å². The lowest BCUT2D eigenvalue weighted by Crippen LogP contribution is -2.31. The van der Waals surface area contributed by atoms with E-state index in [-0.39, 0.29) is 4.90 Å². The highest BCUT2D eigenvalue weighted by molar-refractivity contribution is 7.89. The molecular weight excluding hydrogens is 539 g/mol. The molecule has 1 aromatic heterocycles. The number of halogens is 2. The number of nitrogens with zero attached hydrogens (tertiary/aromatic N) is 4. The van der Waals surface area contributed by atoms with E-state index in [0.717, 1.165) is 53.8 Å². The molecule has 1 heterocycles. The molecule has 0 amide bonds. The van der Waals surface area contributed by atoms with Crippen molar-refractivity contribution in [3.8, 4) is 0 Å². The van der Waals surface area contributed by atoms with E-state index in [9.17, 15) is 8.42 Å². The van der Waals surface area contributed by atoms with E-state index in [1.165, 1.54) is 0 Å². The summed E-state index contributed by atoms with van der Waals surface area (Å²) in [6.45, 7) is 8.83. The average molecular weight is 574 g/mol. The summed E-state index contributed by atoms with van der Waals surface area (Å²) in [6.07, 6.45) is 1.69. The topological polar surface area (TPSA) is 58.4 Å². The van der Waals surface area contributed by atoms with E-state index in [4.69, 9.17) is 28.3 Å². The van der Waals surface area contributed by atoms with Crippen molar-refractivity contribution < 1.29 is 8.42 Å². The van der Waals surface area contributed by atoms with Crippen molar-refractivity contribution in [2.24, 2.45) is 0 Å². The van der Waals surface area contributed by atoms with Crippen molar-refractivity contribution in [2.75, 3.05) is 24.5 Å². The van der Waals surface area contributed by atoms with Crippen LogP contribution in [0.15, 0.2) is 71.6 Å². The van der Waals surface area contributed by atoms with Crippen molar-refractivity contribution in [2.45, 2.75) is 51.6 Å². The molecule has 0 saturated heterocycles. The predicted octanol–water partition coefficient (Wildman–Crippen LogP) is 7.23. The quantitative estimate of drug-likeness (QED) is 0.180. The molecule has 0 bridgehead atoms. The average Bonchev–Trinajstić information content (AvgIpc) is 3.27. The van der Waals surface area contributed by atoms with Crippen LogP contribution in [0.5, 0.6) is 0 Å². The molecule has 9 heteroatoms. The number of unbranched alkanes of at least 4 members (excludes halogenated alkanes) is 1. The SMILES string of the molecule is CCCCN(Cc1ccccc1)S(=O)(=O)c1ccc2c(c1)c(N(CC)CC)nn2Cc1c(Cl)cccc1Cl. The Balaban J connectivity index is 1.80. The lowest BCUT2D eigenvalue weighted by atomic mass is 10.2. The van der Waals surface area contributed by atoms with Gasteiger partial charge in [-0.05, 0) is 56.2 Å². The van der Waals surface area contributed by atoms with Crippen LogP contribution in [0.1, 0.15) is 44.7 Å². The van der Waals surface area contributed by atoms with Crippen molar-refractivity contribution >= 4 is 49.9 Å². The maximum Gasteiger partial charge on any atom is 0.243 e. The Morgan fingerprint density at radius 3 is 2.21 bits per heavy atom. The van der Waals surface area contributed by atoms with Gasteiger partial charge in [0.1, 0.15) is 0 Å². The Morgan fingerprint density at radius 1 is 0.895 bits per heavy atom. The smallest absolute Gasteiger partial charge is 0.243 e. The fourth-order valence-corrected chi connectivity index (χ4v) is 6.58. The lowest BCUT2D eigenvalue weighted by molar-refractivity contribution is 0.398. The fourth-order valence-electron chi connectivity index (χ4n) is 4.57. The highest BCUT2D eigenvalue weighted by Gasteiger charge is 2.26. The first kappa shape index (κ1) is 28.4. The molecule has 3 aromatic carbocycles. The van der Waals surface area contributed by atoms with E-state index in [1.54, 1.807) is 16.4 Å². The van der Waals surface area contributed by atoms with Crippen LogP contribution in [0.4, 0.5) is 5.82 Å². The van der Waals surface area contributed by atoms with E-state index in [0.29, 0.717) is 29.7 Å². The molecule has 4 rings (SSSR count). The van der Waals surface area contributed by atoms with Gasteiger partial charge in [-0.1, -0.05) is 72.9 Å². The second-order valence-electron chi connectivity index (χ2n) is 9.21. The zero-order valence-corrected chi connectivity index (χ0v) is 24.4. The first-order chi connectivity index (χ1) is 18.3. The molecule has 0 radical (unpaired) electrons. The molecule has 0 atom stereocenters. The largest absolute Gasteiger partial charge is 0.355 e. The van der Waals surface area contributed by atoms with Gasteiger partial charge in [-0.15, -0.1) is 0 Å². The van der Waals surface area contributed by atoms with Gasteiger partial charge in [0, 0.05) is 47.2 Å². The number of hydrogen-bond donors (Lipinski definition) is 0. The third-order valence-corrected chi connectivity index (χ3v) is 9.28. The van der Waals surface area contributed by atoms with Gasteiger partial charge in [0.2, 0.25) is 10.0 Å². The second-order valence-corrected chi connectivity index (χ2v) is 12.0. The maximum atomic E-state index is 13.9. The molecule has 6 nitrogen and oxygen atoms in total. The maximum absolute atomic E-state index is 13.9. The van der Waals surface area contributed by atoms with E-state index >= 15 is 0 Å². The number of benzene rings is 3. The molecule has 202 valence electrons. The van der Waals surface area contributed by atoms with E-state index in [1.807, 2.05) is 59.3 Å². The van der Waals surface area contributed by atoms with Crippen molar-refractivity contribution in [1.82, 2.24) is 14.1 Å².